The quantitative estimate of drug-likeness (QED) is 0.575. The molecule has 2 aromatic rings. The van der Waals surface area contributed by atoms with Crippen LogP contribution in [0.5, 0.6) is 5.75 Å². The molecule has 3 atom stereocenters. The van der Waals surface area contributed by atoms with Gasteiger partial charge in [0, 0.05) is 31.9 Å². The van der Waals surface area contributed by atoms with Crippen molar-refractivity contribution in [2.75, 3.05) is 39.2 Å². The van der Waals surface area contributed by atoms with Gasteiger partial charge in [-0.25, -0.2) is 0 Å². The van der Waals surface area contributed by atoms with E-state index in [0.29, 0.717) is 36.3 Å². The van der Waals surface area contributed by atoms with Crippen molar-refractivity contribution in [1.82, 2.24) is 15.1 Å². The number of ether oxygens (including phenoxy) is 1. The Morgan fingerprint density at radius 2 is 1.74 bits per heavy atom. The summed E-state index contributed by atoms with van der Waals surface area (Å²) in [5.41, 5.74) is 1.81. The van der Waals surface area contributed by atoms with Crippen molar-refractivity contribution in [1.29, 1.82) is 0 Å². The van der Waals surface area contributed by atoms with Crippen LogP contribution in [0.15, 0.2) is 48.5 Å². The molecule has 0 saturated carbocycles. The highest BCUT2D eigenvalue weighted by Gasteiger charge is 2.52. The summed E-state index contributed by atoms with van der Waals surface area (Å²) in [5.74, 6) is -0.497. The molecule has 1 unspecified atom stereocenters. The Morgan fingerprint density at radius 1 is 1.05 bits per heavy atom. The van der Waals surface area contributed by atoms with Crippen molar-refractivity contribution in [3.63, 3.8) is 0 Å². The Kier molecular flexibility index (Phi) is 8.04. The number of nitrogens with one attached hydrogen (secondary N) is 1. The summed E-state index contributed by atoms with van der Waals surface area (Å²) in [4.78, 5) is 58.4. The fourth-order valence-corrected chi connectivity index (χ4v) is 5.36. The largest absolute Gasteiger partial charge is 0.496 e. The van der Waals surface area contributed by atoms with Crippen molar-refractivity contribution in [3.05, 3.63) is 59.7 Å². The number of hydrogen-bond acceptors (Lipinski definition) is 6. The fourth-order valence-electron chi connectivity index (χ4n) is 5.36. The third kappa shape index (κ3) is 5.37. The molecular formula is C29H36N4O5. The molecule has 2 heterocycles. The summed E-state index contributed by atoms with van der Waals surface area (Å²) in [6.45, 7) is 4.26. The number of benzene rings is 2. The zero-order chi connectivity index (χ0) is 27.6. The summed E-state index contributed by atoms with van der Waals surface area (Å²) in [6, 6.07) is 12.2. The lowest BCUT2D eigenvalue weighted by atomic mass is 10.0. The number of methoxy groups -OCH3 is 1. The Labute approximate surface area is 223 Å². The standard InChI is InChI=1S/C29H36N4O5/c1-18(2)16-22(30-27(35)19-10-12-20(13-11-19)31(3)4)29(37)32-15-14-23-26(32)24(34)17-33(23)28(36)21-8-6-7-9-25(21)38-5/h6-13,18,22-23,26H,14-17H2,1-5H3,(H,30,35)/t22-,23?,26-/m0/s1. The van der Waals surface area contributed by atoms with E-state index in [2.05, 4.69) is 5.32 Å². The third-order valence-corrected chi connectivity index (χ3v) is 7.26. The minimum Gasteiger partial charge on any atom is -0.496 e. The molecule has 0 aromatic heterocycles. The maximum atomic E-state index is 13.8. The highest BCUT2D eigenvalue weighted by atomic mass is 16.5. The van der Waals surface area contributed by atoms with Gasteiger partial charge in [0.25, 0.3) is 11.8 Å². The van der Waals surface area contributed by atoms with Crippen molar-refractivity contribution in [2.24, 2.45) is 5.92 Å². The Morgan fingerprint density at radius 3 is 2.37 bits per heavy atom. The average molecular weight is 521 g/mol. The van der Waals surface area contributed by atoms with E-state index >= 15 is 0 Å². The van der Waals surface area contributed by atoms with E-state index in [9.17, 15) is 19.2 Å². The van der Waals surface area contributed by atoms with E-state index in [4.69, 9.17) is 4.74 Å². The smallest absolute Gasteiger partial charge is 0.258 e. The van der Waals surface area contributed by atoms with Gasteiger partial charge in [-0.05, 0) is 55.2 Å². The van der Waals surface area contributed by atoms with Crippen molar-refractivity contribution in [3.8, 4) is 5.75 Å². The van der Waals surface area contributed by atoms with Crippen LogP contribution in [0.25, 0.3) is 0 Å². The second-order valence-electron chi connectivity index (χ2n) is 10.5. The second kappa shape index (κ2) is 11.2. The van der Waals surface area contributed by atoms with Gasteiger partial charge < -0.3 is 24.8 Å². The molecular weight excluding hydrogens is 484 g/mol. The summed E-state index contributed by atoms with van der Waals surface area (Å²) in [7, 11) is 5.34. The van der Waals surface area contributed by atoms with Gasteiger partial charge in [-0.1, -0.05) is 26.0 Å². The van der Waals surface area contributed by atoms with E-state index in [0.717, 1.165) is 5.69 Å². The maximum absolute atomic E-state index is 13.8. The van der Waals surface area contributed by atoms with Gasteiger partial charge in [0.05, 0.1) is 25.3 Å². The molecule has 0 aliphatic carbocycles. The number of nitrogens with zero attached hydrogens (tertiary/aromatic N) is 3. The normalized spacial score (nSPS) is 19.4. The summed E-state index contributed by atoms with van der Waals surface area (Å²) in [5, 5.41) is 2.91. The summed E-state index contributed by atoms with van der Waals surface area (Å²) in [6.07, 6.45) is 0.934. The molecule has 3 amide bonds. The van der Waals surface area contributed by atoms with Gasteiger partial charge in [0.1, 0.15) is 17.8 Å². The first-order chi connectivity index (χ1) is 18.1. The van der Waals surface area contributed by atoms with E-state index < -0.39 is 18.1 Å². The van der Waals surface area contributed by atoms with Crippen LogP contribution in [-0.4, -0.2) is 85.7 Å². The molecule has 202 valence electrons. The monoisotopic (exact) mass is 520 g/mol. The van der Waals surface area contributed by atoms with Crippen molar-refractivity contribution >= 4 is 29.2 Å². The Hall–Kier alpha value is -3.88. The van der Waals surface area contributed by atoms with Gasteiger partial charge in [-0.2, -0.15) is 0 Å². The zero-order valence-corrected chi connectivity index (χ0v) is 22.6. The van der Waals surface area contributed by atoms with Gasteiger partial charge in [-0.15, -0.1) is 0 Å². The molecule has 2 fully saturated rings. The van der Waals surface area contributed by atoms with Crippen LogP contribution < -0.4 is 15.0 Å². The summed E-state index contributed by atoms with van der Waals surface area (Å²) >= 11 is 0. The van der Waals surface area contributed by atoms with Crippen molar-refractivity contribution < 1.29 is 23.9 Å². The van der Waals surface area contributed by atoms with Crippen molar-refractivity contribution in [2.45, 2.75) is 44.8 Å². The Balaban J connectivity index is 1.51. The summed E-state index contributed by atoms with van der Waals surface area (Å²) < 4.78 is 5.34. The van der Waals surface area contributed by atoms with Crippen LogP contribution in [0.4, 0.5) is 5.69 Å². The number of hydrogen-bond donors (Lipinski definition) is 1. The van der Waals surface area contributed by atoms with Crippen LogP contribution >= 0.6 is 0 Å². The molecule has 9 heteroatoms. The number of fused-ring (bicyclic) bond motifs is 1. The van der Waals surface area contributed by atoms with Crippen LogP contribution in [-0.2, 0) is 9.59 Å². The topological polar surface area (TPSA) is 99.3 Å². The molecule has 2 aliphatic rings. The lowest BCUT2D eigenvalue weighted by Gasteiger charge is -2.29. The highest BCUT2D eigenvalue weighted by Crippen LogP contribution is 2.33. The number of carbonyl (C=O) groups excluding carboxylic acids is 4. The van der Waals surface area contributed by atoms with Gasteiger partial charge in [-0.3, -0.25) is 19.2 Å². The predicted octanol–water partition coefficient (Wildman–Crippen LogP) is 2.60. The molecule has 38 heavy (non-hydrogen) atoms. The molecule has 1 N–H and O–H groups in total. The van der Waals surface area contributed by atoms with Crippen LogP contribution in [0.3, 0.4) is 0 Å². The molecule has 0 radical (unpaired) electrons. The number of Topliss-reactive ketones (excluding diaryl/α,β-unsaturated/α-hetero) is 1. The molecule has 2 saturated heterocycles. The average Bonchev–Trinajstić information content (AvgIpc) is 3.48. The van der Waals surface area contributed by atoms with E-state index in [-0.39, 0.29) is 36.0 Å². The van der Waals surface area contributed by atoms with E-state index in [1.54, 1.807) is 46.2 Å². The van der Waals surface area contributed by atoms with Crippen LogP contribution in [0.2, 0.25) is 0 Å². The first kappa shape index (κ1) is 27.2. The molecule has 0 spiro atoms. The minimum absolute atomic E-state index is 0.0601. The first-order valence-corrected chi connectivity index (χ1v) is 13.0. The first-order valence-electron chi connectivity index (χ1n) is 13.0. The predicted molar refractivity (Wildman–Crippen MR) is 144 cm³/mol. The fraction of sp³-hybridized carbons (Fsp3) is 0.448. The van der Waals surface area contributed by atoms with Crippen LogP contribution in [0.1, 0.15) is 47.4 Å². The second-order valence-corrected chi connectivity index (χ2v) is 10.5. The molecule has 4 rings (SSSR count). The Bertz CT molecular complexity index is 1210. The maximum Gasteiger partial charge on any atom is 0.258 e. The molecule has 2 aliphatic heterocycles. The zero-order valence-electron chi connectivity index (χ0n) is 22.6. The number of likely N-dealkylation sites (tertiary alicyclic amines) is 2. The number of ketones is 1. The van der Waals surface area contributed by atoms with E-state index in [1.807, 2.05) is 45.0 Å². The highest BCUT2D eigenvalue weighted by molar-refractivity contribution is 6.04. The third-order valence-electron chi connectivity index (χ3n) is 7.26. The number of rotatable bonds is 8. The SMILES string of the molecule is COc1ccccc1C(=O)N1CC(=O)[C@@H]2C1CCN2C(=O)[C@H](CC(C)C)NC(=O)c1ccc(N(C)C)cc1. The van der Waals surface area contributed by atoms with Gasteiger partial charge >= 0.3 is 0 Å². The lowest BCUT2D eigenvalue weighted by molar-refractivity contribution is -0.138. The van der Waals surface area contributed by atoms with Crippen LogP contribution in [0, 0.1) is 5.92 Å². The minimum atomic E-state index is -0.776. The number of anilines is 1. The number of amides is 3. The number of carbonyl (C=O) groups is 4. The molecule has 9 nitrogen and oxygen atoms in total. The lowest BCUT2D eigenvalue weighted by Crippen LogP contribution is -2.53. The molecule has 0 bridgehead atoms. The molecule has 2 aromatic carbocycles. The van der Waals surface area contributed by atoms with E-state index in [1.165, 1.54) is 7.11 Å². The van der Waals surface area contributed by atoms with Gasteiger partial charge in [0.2, 0.25) is 5.91 Å². The van der Waals surface area contributed by atoms with Gasteiger partial charge in [0.15, 0.2) is 5.78 Å². The number of para-hydroxylation sites is 1.